The predicted octanol–water partition coefficient (Wildman–Crippen LogP) is 1.07. The zero-order valence-electron chi connectivity index (χ0n) is 15.6. The monoisotopic (exact) mass is 368 g/mol. The number of benzene rings is 2. The zero-order valence-corrected chi connectivity index (χ0v) is 15.6. The molecule has 1 atom stereocenters. The Labute approximate surface area is 159 Å². The molecule has 2 amide bonds. The maximum Gasteiger partial charge on any atom is 0.475 e. The Kier molecular flexibility index (Phi) is 7.16. The van der Waals surface area contributed by atoms with Crippen molar-refractivity contribution in [1.82, 2.24) is 10.6 Å². The summed E-state index contributed by atoms with van der Waals surface area (Å²) < 4.78 is 0. The average Bonchev–Trinajstić information content (AvgIpc) is 2.66. The third kappa shape index (κ3) is 5.94. The quantitative estimate of drug-likeness (QED) is 0.414. The van der Waals surface area contributed by atoms with Crippen LogP contribution >= 0.6 is 0 Å². The molecule has 6 nitrogen and oxygen atoms in total. The second-order valence-corrected chi connectivity index (χ2v) is 6.98. The minimum absolute atomic E-state index is 0.242. The van der Waals surface area contributed by atoms with Crippen molar-refractivity contribution in [1.29, 1.82) is 0 Å². The predicted molar refractivity (Wildman–Crippen MR) is 104 cm³/mol. The number of carbonyl (C=O) groups excluding carboxylic acids is 2. The van der Waals surface area contributed by atoms with Gasteiger partial charge in [0, 0.05) is 6.54 Å². The van der Waals surface area contributed by atoms with Gasteiger partial charge in [-0.2, -0.15) is 0 Å². The van der Waals surface area contributed by atoms with Gasteiger partial charge in [0.25, 0.3) is 0 Å². The van der Waals surface area contributed by atoms with Crippen LogP contribution < -0.4 is 10.6 Å². The molecule has 0 spiro atoms. The van der Waals surface area contributed by atoms with Gasteiger partial charge in [0.15, 0.2) is 0 Å². The van der Waals surface area contributed by atoms with Gasteiger partial charge in [-0.25, -0.2) is 0 Å². The van der Waals surface area contributed by atoms with Crippen LogP contribution in [0.4, 0.5) is 0 Å². The molecule has 0 aromatic heterocycles. The first-order valence-electron chi connectivity index (χ1n) is 8.84. The van der Waals surface area contributed by atoms with E-state index in [0.29, 0.717) is 6.54 Å². The molecule has 0 heterocycles. The van der Waals surface area contributed by atoms with E-state index in [2.05, 4.69) is 10.6 Å². The third-order valence-electron chi connectivity index (χ3n) is 4.41. The van der Waals surface area contributed by atoms with E-state index in [0.717, 1.165) is 11.1 Å². The van der Waals surface area contributed by atoms with Crippen LogP contribution in [0.1, 0.15) is 25.0 Å². The molecule has 0 saturated carbocycles. The van der Waals surface area contributed by atoms with Crippen LogP contribution in [0, 0.1) is 5.41 Å². The minimum Gasteiger partial charge on any atom is -0.426 e. The molecular formula is C20H25BN2O4. The van der Waals surface area contributed by atoms with Gasteiger partial charge in [0.1, 0.15) is 5.41 Å². The molecule has 0 aliphatic heterocycles. The summed E-state index contributed by atoms with van der Waals surface area (Å²) in [5.74, 6) is -1.92. The molecule has 7 heteroatoms. The summed E-state index contributed by atoms with van der Waals surface area (Å²) in [4.78, 5) is 25.1. The van der Waals surface area contributed by atoms with Crippen LogP contribution in [0.2, 0.25) is 0 Å². The molecule has 0 radical (unpaired) electrons. The van der Waals surface area contributed by atoms with E-state index >= 15 is 0 Å². The van der Waals surface area contributed by atoms with Crippen molar-refractivity contribution in [3.8, 4) is 0 Å². The molecule has 0 saturated heterocycles. The first kappa shape index (κ1) is 20.7. The third-order valence-corrected chi connectivity index (χ3v) is 4.41. The number of carbonyl (C=O) groups is 2. The Bertz CT molecular complexity index is 751. The number of hydrogen-bond donors (Lipinski definition) is 4. The van der Waals surface area contributed by atoms with Crippen LogP contribution in [-0.4, -0.2) is 34.9 Å². The Morgan fingerprint density at radius 3 is 1.96 bits per heavy atom. The number of nitrogens with one attached hydrogen (secondary N) is 2. The van der Waals surface area contributed by atoms with Crippen LogP contribution in [0.25, 0.3) is 0 Å². The molecule has 27 heavy (non-hydrogen) atoms. The summed E-state index contributed by atoms with van der Waals surface area (Å²) in [7, 11) is -1.74. The molecule has 2 aromatic rings. The fraction of sp³-hybridized carbons (Fsp3) is 0.300. The molecule has 0 aliphatic carbocycles. The minimum atomic E-state index is -1.74. The summed E-state index contributed by atoms with van der Waals surface area (Å²) in [6.45, 7) is 3.32. The lowest BCUT2D eigenvalue weighted by atomic mass is 9.75. The van der Waals surface area contributed by atoms with E-state index in [1.54, 1.807) is 0 Å². The SMILES string of the molecule is CC(C)(C(=O)NCc1ccccc1)C(=O)NC(Cc1ccccc1)B(O)O. The standard InChI is InChI=1S/C20H25BN2O4/c1-20(2,18(24)22-14-16-11-7-4-8-12-16)19(25)23-17(21(26)27)13-15-9-5-3-6-10-15/h3-12,17,26-27H,13-14H2,1-2H3,(H,22,24)(H,23,25). The molecule has 0 bridgehead atoms. The van der Waals surface area contributed by atoms with Gasteiger partial charge < -0.3 is 20.7 Å². The lowest BCUT2D eigenvalue weighted by Gasteiger charge is -2.26. The van der Waals surface area contributed by atoms with Crippen molar-refractivity contribution in [2.45, 2.75) is 32.8 Å². The maximum atomic E-state index is 12.6. The van der Waals surface area contributed by atoms with Crippen LogP contribution in [0.5, 0.6) is 0 Å². The Balaban J connectivity index is 1.98. The van der Waals surface area contributed by atoms with Gasteiger partial charge in [0.05, 0.1) is 5.94 Å². The van der Waals surface area contributed by atoms with Crippen molar-refractivity contribution >= 4 is 18.9 Å². The summed E-state index contributed by atoms with van der Waals surface area (Å²) in [5, 5.41) is 24.6. The average molecular weight is 368 g/mol. The Hall–Kier alpha value is -2.64. The van der Waals surface area contributed by atoms with Crippen molar-refractivity contribution in [2.75, 3.05) is 0 Å². The summed E-state index contributed by atoms with van der Waals surface area (Å²) in [6, 6.07) is 18.6. The van der Waals surface area contributed by atoms with E-state index in [1.165, 1.54) is 13.8 Å². The molecule has 2 aromatic carbocycles. The maximum absolute atomic E-state index is 12.6. The van der Waals surface area contributed by atoms with Gasteiger partial charge in [0.2, 0.25) is 11.8 Å². The second kappa shape index (κ2) is 9.34. The van der Waals surface area contributed by atoms with Crippen LogP contribution in [0.15, 0.2) is 60.7 Å². The lowest BCUT2D eigenvalue weighted by molar-refractivity contribution is -0.141. The van der Waals surface area contributed by atoms with Gasteiger partial charge >= 0.3 is 7.12 Å². The van der Waals surface area contributed by atoms with E-state index < -0.39 is 30.3 Å². The van der Waals surface area contributed by atoms with Crippen molar-refractivity contribution in [3.63, 3.8) is 0 Å². The molecular weight excluding hydrogens is 343 g/mol. The van der Waals surface area contributed by atoms with Gasteiger partial charge in [-0.1, -0.05) is 60.7 Å². The fourth-order valence-corrected chi connectivity index (χ4v) is 2.55. The highest BCUT2D eigenvalue weighted by Crippen LogP contribution is 2.17. The number of hydrogen-bond acceptors (Lipinski definition) is 4. The summed E-state index contributed by atoms with van der Waals surface area (Å²) in [6.07, 6.45) is 0.242. The first-order valence-corrected chi connectivity index (χ1v) is 8.84. The van der Waals surface area contributed by atoms with Crippen molar-refractivity contribution in [2.24, 2.45) is 5.41 Å². The Morgan fingerprint density at radius 2 is 1.44 bits per heavy atom. The van der Waals surface area contributed by atoms with Crippen molar-refractivity contribution in [3.05, 3.63) is 71.8 Å². The molecule has 2 rings (SSSR count). The van der Waals surface area contributed by atoms with Gasteiger partial charge in [-0.3, -0.25) is 9.59 Å². The zero-order chi connectivity index (χ0) is 19.9. The normalized spacial score (nSPS) is 12.1. The molecule has 0 fully saturated rings. The fourth-order valence-electron chi connectivity index (χ4n) is 2.55. The summed E-state index contributed by atoms with van der Waals surface area (Å²) in [5.41, 5.74) is 0.413. The number of rotatable bonds is 8. The van der Waals surface area contributed by atoms with Gasteiger partial charge in [-0.05, 0) is 31.4 Å². The van der Waals surface area contributed by atoms with E-state index in [1.807, 2.05) is 60.7 Å². The Morgan fingerprint density at radius 1 is 0.926 bits per heavy atom. The molecule has 1 unspecified atom stereocenters. The van der Waals surface area contributed by atoms with E-state index in [-0.39, 0.29) is 6.42 Å². The topological polar surface area (TPSA) is 98.7 Å². The summed E-state index contributed by atoms with van der Waals surface area (Å²) >= 11 is 0. The van der Waals surface area contributed by atoms with Crippen LogP contribution in [-0.2, 0) is 22.6 Å². The molecule has 142 valence electrons. The molecule has 0 aliphatic rings. The van der Waals surface area contributed by atoms with Crippen molar-refractivity contribution < 1.29 is 19.6 Å². The number of amides is 2. The first-order chi connectivity index (χ1) is 12.8. The van der Waals surface area contributed by atoms with E-state index in [4.69, 9.17) is 0 Å². The highest BCUT2D eigenvalue weighted by molar-refractivity contribution is 6.43. The smallest absolute Gasteiger partial charge is 0.426 e. The van der Waals surface area contributed by atoms with Crippen LogP contribution in [0.3, 0.4) is 0 Å². The van der Waals surface area contributed by atoms with Gasteiger partial charge in [-0.15, -0.1) is 0 Å². The molecule has 4 N–H and O–H groups in total. The highest BCUT2D eigenvalue weighted by Gasteiger charge is 2.38. The second-order valence-electron chi connectivity index (χ2n) is 6.98. The lowest BCUT2D eigenvalue weighted by Crippen LogP contribution is -2.55. The highest BCUT2D eigenvalue weighted by atomic mass is 16.4. The van der Waals surface area contributed by atoms with E-state index in [9.17, 15) is 19.6 Å². The largest absolute Gasteiger partial charge is 0.475 e.